The molecule has 1 aliphatic rings. The molecule has 3 aromatic rings. The van der Waals surface area contributed by atoms with Crippen LogP contribution >= 0.6 is 0 Å². The van der Waals surface area contributed by atoms with E-state index in [1.807, 2.05) is 36.5 Å². The number of hydrogen-bond acceptors (Lipinski definition) is 2. The van der Waals surface area contributed by atoms with E-state index in [-0.39, 0.29) is 0 Å². The van der Waals surface area contributed by atoms with Crippen molar-refractivity contribution in [1.82, 2.24) is 19.7 Å². The Labute approximate surface area is 149 Å². The first-order chi connectivity index (χ1) is 11.9. The first kappa shape index (κ1) is 16.1. The van der Waals surface area contributed by atoms with Crippen LogP contribution in [0.15, 0.2) is 36.9 Å². The number of fused-ring (bicyclic) bond motifs is 1. The van der Waals surface area contributed by atoms with Crippen molar-refractivity contribution in [1.29, 1.82) is 0 Å². The molecule has 4 heteroatoms. The molecular weight excluding hydrogens is 308 g/mol. The van der Waals surface area contributed by atoms with Gasteiger partial charge in [-0.2, -0.15) is 5.10 Å². The van der Waals surface area contributed by atoms with Crippen LogP contribution in [0.3, 0.4) is 0 Å². The number of rotatable bonds is 4. The standard InChI is InChI=1S/C21H26N4/c1-6-7-16(19-13(2)21(19,3)4)14-8-17-18(11-23-20(17)22-9-14)15-10-24-25(5)12-15/h7-13,19H,6H2,1-5H3,(H,22,23)/b16-7-. The smallest absolute Gasteiger partial charge is 0.137 e. The molecule has 25 heavy (non-hydrogen) atoms. The number of aryl methyl sites for hydroxylation is 1. The molecule has 0 radical (unpaired) electrons. The fourth-order valence-corrected chi connectivity index (χ4v) is 4.17. The van der Waals surface area contributed by atoms with Gasteiger partial charge in [0, 0.05) is 42.2 Å². The van der Waals surface area contributed by atoms with Gasteiger partial charge in [-0.15, -0.1) is 0 Å². The molecule has 0 bridgehead atoms. The lowest BCUT2D eigenvalue weighted by atomic mass is 9.95. The second-order valence-electron chi connectivity index (χ2n) is 7.88. The van der Waals surface area contributed by atoms with Crippen molar-refractivity contribution in [3.63, 3.8) is 0 Å². The zero-order chi connectivity index (χ0) is 17.8. The van der Waals surface area contributed by atoms with Crippen molar-refractivity contribution in [2.75, 3.05) is 0 Å². The van der Waals surface area contributed by atoms with Gasteiger partial charge in [0.25, 0.3) is 0 Å². The number of H-pyrrole nitrogens is 1. The topological polar surface area (TPSA) is 46.5 Å². The molecule has 1 N–H and O–H groups in total. The van der Waals surface area contributed by atoms with Crippen molar-refractivity contribution < 1.29 is 0 Å². The van der Waals surface area contributed by atoms with Crippen LogP contribution in [0.2, 0.25) is 0 Å². The molecule has 2 unspecified atom stereocenters. The van der Waals surface area contributed by atoms with Crippen molar-refractivity contribution in [2.24, 2.45) is 24.3 Å². The number of nitrogens with one attached hydrogen (secondary N) is 1. The number of aromatic amines is 1. The molecule has 0 amide bonds. The van der Waals surface area contributed by atoms with Crippen LogP contribution in [0.1, 0.15) is 39.7 Å². The lowest BCUT2D eigenvalue weighted by Gasteiger charge is -2.10. The van der Waals surface area contributed by atoms with E-state index in [2.05, 4.69) is 49.9 Å². The van der Waals surface area contributed by atoms with E-state index in [9.17, 15) is 0 Å². The monoisotopic (exact) mass is 334 g/mol. The van der Waals surface area contributed by atoms with Crippen LogP contribution in [0.25, 0.3) is 27.7 Å². The zero-order valence-electron chi connectivity index (χ0n) is 15.7. The van der Waals surface area contributed by atoms with E-state index in [1.54, 1.807) is 0 Å². The second kappa shape index (κ2) is 5.58. The predicted molar refractivity (Wildman–Crippen MR) is 103 cm³/mol. The Morgan fingerprint density at radius 2 is 2.12 bits per heavy atom. The average molecular weight is 334 g/mol. The number of allylic oxidation sites excluding steroid dienone is 2. The van der Waals surface area contributed by atoms with Crippen molar-refractivity contribution >= 4 is 16.6 Å². The van der Waals surface area contributed by atoms with Gasteiger partial charge in [-0.25, -0.2) is 4.98 Å². The Morgan fingerprint density at radius 3 is 2.72 bits per heavy atom. The number of hydrogen-bond donors (Lipinski definition) is 1. The largest absolute Gasteiger partial charge is 0.346 e. The molecule has 2 atom stereocenters. The van der Waals surface area contributed by atoms with Crippen molar-refractivity contribution in [3.8, 4) is 11.1 Å². The summed E-state index contributed by atoms with van der Waals surface area (Å²) in [5.74, 6) is 1.33. The first-order valence-electron chi connectivity index (χ1n) is 9.10. The average Bonchev–Trinajstić information content (AvgIpc) is 2.99. The van der Waals surface area contributed by atoms with E-state index in [4.69, 9.17) is 4.98 Å². The molecule has 1 fully saturated rings. The fourth-order valence-electron chi connectivity index (χ4n) is 4.17. The van der Waals surface area contributed by atoms with Gasteiger partial charge in [0.15, 0.2) is 0 Å². The van der Waals surface area contributed by atoms with Gasteiger partial charge in [-0.3, -0.25) is 4.68 Å². The Bertz CT molecular complexity index is 957. The Balaban J connectivity index is 1.81. The normalized spacial score (nSPS) is 22.5. The maximum absolute atomic E-state index is 4.70. The highest BCUT2D eigenvalue weighted by Crippen LogP contribution is 2.63. The highest BCUT2D eigenvalue weighted by Gasteiger charge is 2.56. The van der Waals surface area contributed by atoms with Gasteiger partial charge in [0.1, 0.15) is 5.65 Å². The van der Waals surface area contributed by atoms with Crippen LogP contribution in [-0.4, -0.2) is 19.7 Å². The van der Waals surface area contributed by atoms with E-state index in [0.717, 1.165) is 23.2 Å². The van der Waals surface area contributed by atoms with Crippen molar-refractivity contribution in [2.45, 2.75) is 34.1 Å². The minimum absolute atomic E-state index is 0.375. The molecule has 4 nitrogen and oxygen atoms in total. The molecular formula is C21H26N4. The van der Waals surface area contributed by atoms with E-state index in [1.165, 1.54) is 16.5 Å². The number of nitrogens with zero attached hydrogens (tertiary/aromatic N) is 3. The van der Waals surface area contributed by atoms with Gasteiger partial charge in [-0.05, 0) is 40.9 Å². The summed E-state index contributed by atoms with van der Waals surface area (Å²) in [6, 6.07) is 2.30. The Hall–Kier alpha value is -2.36. The fraction of sp³-hybridized carbons (Fsp3) is 0.429. The molecule has 0 aliphatic heterocycles. The van der Waals surface area contributed by atoms with Crippen LogP contribution in [0.4, 0.5) is 0 Å². The molecule has 0 spiro atoms. The molecule has 0 aromatic carbocycles. The van der Waals surface area contributed by atoms with Crippen LogP contribution in [-0.2, 0) is 7.05 Å². The lowest BCUT2D eigenvalue weighted by Crippen LogP contribution is -1.96. The quantitative estimate of drug-likeness (QED) is 0.726. The molecule has 3 heterocycles. The molecule has 4 rings (SSSR count). The third-order valence-electron chi connectivity index (χ3n) is 6.01. The third kappa shape index (κ3) is 2.51. The Morgan fingerprint density at radius 1 is 1.36 bits per heavy atom. The SMILES string of the molecule is CC/C=C(/c1cnc2[nH]cc(-c3cnn(C)c3)c2c1)C1C(C)C1(C)C. The highest BCUT2D eigenvalue weighted by molar-refractivity contribution is 5.95. The van der Waals surface area contributed by atoms with Gasteiger partial charge >= 0.3 is 0 Å². The second-order valence-corrected chi connectivity index (χ2v) is 7.88. The van der Waals surface area contributed by atoms with Crippen molar-refractivity contribution in [3.05, 3.63) is 42.5 Å². The predicted octanol–water partition coefficient (Wildman–Crippen LogP) is 5.05. The summed E-state index contributed by atoms with van der Waals surface area (Å²) >= 11 is 0. The minimum atomic E-state index is 0.375. The summed E-state index contributed by atoms with van der Waals surface area (Å²) in [4.78, 5) is 7.99. The Kier molecular flexibility index (Phi) is 3.60. The summed E-state index contributed by atoms with van der Waals surface area (Å²) in [5, 5.41) is 5.47. The maximum Gasteiger partial charge on any atom is 0.137 e. The molecule has 1 aliphatic carbocycles. The highest BCUT2D eigenvalue weighted by atomic mass is 15.2. The van der Waals surface area contributed by atoms with E-state index < -0.39 is 0 Å². The van der Waals surface area contributed by atoms with E-state index in [0.29, 0.717) is 17.3 Å². The number of pyridine rings is 1. The summed E-state index contributed by atoms with van der Waals surface area (Å²) in [7, 11) is 1.95. The van der Waals surface area contributed by atoms with Crippen LogP contribution in [0.5, 0.6) is 0 Å². The van der Waals surface area contributed by atoms with Crippen LogP contribution < -0.4 is 0 Å². The lowest BCUT2D eigenvalue weighted by molar-refractivity contribution is 0.572. The van der Waals surface area contributed by atoms with Gasteiger partial charge in [0.05, 0.1) is 6.20 Å². The molecule has 1 saturated carbocycles. The minimum Gasteiger partial charge on any atom is -0.346 e. The third-order valence-corrected chi connectivity index (χ3v) is 6.01. The van der Waals surface area contributed by atoms with Gasteiger partial charge in [-0.1, -0.05) is 33.8 Å². The molecule has 0 saturated heterocycles. The number of aromatic nitrogens is 4. The molecule has 130 valence electrons. The first-order valence-corrected chi connectivity index (χ1v) is 9.10. The zero-order valence-corrected chi connectivity index (χ0v) is 15.7. The summed E-state index contributed by atoms with van der Waals surface area (Å²) in [6.07, 6.45) is 11.4. The van der Waals surface area contributed by atoms with Gasteiger partial charge in [0.2, 0.25) is 0 Å². The van der Waals surface area contributed by atoms with Crippen LogP contribution in [0, 0.1) is 17.3 Å². The van der Waals surface area contributed by atoms with Gasteiger partial charge < -0.3 is 4.98 Å². The van der Waals surface area contributed by atoms with E-state index >= 15 is 0 Å². The summed E-state index contributed by atoms with van der Waals surface area (Å²) in [5.41, 5.74) is 6.29. The summed E-state index contributed by atoms with van der Waals surface area (Å²) < 4.78 is 1.84. The summed E-state index contributed by atoms with van der Waals surface area (Å²) in [6.45, 7) is 9.31. The maximum atomic E-state index is 4.70. The molecule has 3 aromatic heterocycles.